The summed E-state index contributed by atoms with van der Waals surface area (Å²) in [5.41, 5.74) is 6.60. The summed E-state index contributed by atoms with van der Waals surface area (Å²) in [4.78, 5) is 48.8. The molecule has 170 valence electrons. The molecule has 0 spiro atoms. The minimum Gasteiger partial charge on any atom is -0.293 e. The van der Waals surface area contributed by atoms with E-state index in [2.05, 4.69) is 10.9 Å². The number of amides is 3. The van der Waals surface area contributed by atoms with Crippen molar-refractivity contribution in [2.24, 2.45) is 0 Å². The second-order valence-electron chi connectivity index (χ2n) is 7.15. The number of thiocarbonyl (C=S) groups is 1. The number of nitro groups is 1. The van der Waals surface area contributed by atoms with E-state index in [0.29, 0.717) is 15.6 Å². The monoisotopic (exact) mass is 484 g/mol. The minimum absolute atomic E-state index is 0.0641. The smallest absolute Gasteiger partial charge is 0.269 e. The van der Waals surface area contributed by atoms with Gasteiger partial charge in [0.2, 0.25) is 5.91 Å². The van der Waals surface area contributed by atoms with Gasteiger partial charge in [0, 0.05) is 30.7 Å². The number of nitro benzene ring substituents is 1. The molecule has 1 aliphatic rings. The number of nitrogens with one attached hydrogen (secondary N) is 2. The summed E-state index contributed by atoms with van der Waals surface area (Å²) >= 11 is 6.53. The highest BCUT2D eigenvalue weighted by molar-refractivity contribution is 8.26. The fraction of sp³-hybridized carbons (Fsp3) is 0.182. The van der Waals surface area contributed by atoms with Gasteiger partial charge in [-0.3, -0.25) is 40.2 Å². The first-order valence-electron chi connectivity index (χ1n) is 9.90. The van der Waals surface area contributed by atoms with Crippen LogP contribution >= 0.6 is 24.0 Å². The molecule has 11 heteroatoms. The fourth-order valence-corrected chi connectivity index (χ4v) is 4.21. The van der Waals surface area contributed by atoms with Crippen molar-refractivity contribution in [2.45, 2.75) is 19.8 Å². The van der Waals surface area contributed by atoms with E-state index in [1.54, 1.807) is 6.08 Å². The van der Waals surface area contributed by atoms with Crippen LogP contribution in [0.4, 0.5) is 5.69 Å². The Morgan fingerprint density at radius 2 is 1.79 bits per heavy atom. The van der Waals surface area contributed by atoms with Crippen LogP contribution in [0.2, 0.25) is 0 Å². The number of aryl methyl sites for hydroxylation is 1. The highest BCUT2D eigenvalue weighted by Gasteiger charge is 2.31. The normalized spacial score (nSPS) is 14.5. The zero-order valence-corrected chi connectivity index (χ0v) is 19.2. The zero-order valence-electron chi connectivity index (χ0n) is 17.6. The molecule has 1 saturated heterocycles. The molecule has 2 aromatic carbocycles. The van der Waals surface area contributed by atoms with Crippen LogP contribution in [0.3, 0.4) is 0 Å². The number of hydrogen-bond acceptors (Lipinski definition) is 7. The lowest BCUT2D eigenvalue weighted by Gasteiger charge is -2.14. The molecule has 2 aromatic rings. The van der Waals surface area contributed by atoms with Gasteiger partial charge >= 0.3 is 0 Å². The van der Waals surface area contributed by atoms with E-state index in [9.17, 15) is 24.5 Å². The van der Waals surface area contributed by atoms with Crippen molar-refractivity contribution in [1.82, 2.24) is 15.8 Å². The lowest BCUT2D eigenvalue weighted by molar-refractivity contribution is -0.384. The lowest BCUT2D eigenvalue weighted by atomic mass is 10.1. The molecular formula is C22H20N4O5S2. The second-order valence-corrected chi connectivity index (χ2v) is 8.83. The first kappa shape index (κ1) is 24.1. The molecule has 3 amide bonds. The molecule has 3 rings (SSSR count). The van der Waals surface area contributed by atoms with Crippen molar-refractivity contribution < 1.29 is 19.3 Å². The van der Waals surface area contributed by atoms with Crippen LogP contribution < -0.4 is 10.9 Å². The lowest BCUT2D eigenvalue weighted by Crippen LogP contribution is -2.41. The van der Waals surface area contributed by atoms with Crippen LogP contribution in [0.15, 0.2) is 53.4 Å². The highest BCUT2D eigenvalue weighted by atomic mass is 32.2. The quantitative estimate of drug-likeness (QED) is 0.267. The number of thioether (sulfide) groups is 1. The third-order valence-corrected chi connectivity index (χ3v) is 6.07. The largest absolute Gasteiger partial charge is 0.293 e. The van der Waals surface area contributed by atoms with Gasteiger partial charge in [-0.1, -0.05) is 53.8 Å². The molecule has 0 radical (unpaired) electrons. The van der Waals surface area contributed by atoms with Crippen LogP contribution in [0.1, 0.15) is 34.3 Å². The first-order valence-corrected chi connectivity index (χ1v) is 11.1. The number of nitrogens with zero attached hydrogens (tertiary/aromatic N) is 2. The number of hydrogen-bond donors (Lipinski definition) is 2. The molecule has 33 heavy (non-hydrogen) atoms. The molecule has 9 nitrogen and oxygen atoms in total. The van der Waals surface area contributed by atoms with Crippen molar-refractivity contribution in [3.05, 3.63) is 80.2 Å². The molecule has 0 bridgehead atoms. The van der Waals surface area contributed by atoms with Gasteiger partial charge in [-0.05, 0) is 37.1 Å². The molecule has 0 saturated carbocycles. The molecule has 2 N–H and O–H groups in total. The van der Waals surface area contributed by atoms with Gasteiger partial charge in [-0.2, -0.15) is 0 Å². The van der Waals surface area contributed by atoms with E-state index >= 15 is 0 Å². The zero-order chi connectivity index (χ0) is 24.0. The van der Waals surface area contributed by atoms with Gasteiger partial charge in [0.15, 0.2) is 0 Å². The summed E-state index contributed by atoms with van der Waals surface area (Å²) < 4.78 is 0.435. The number of rotatable bonds is 7. The van der Waals surface area contributed by atoms with Gasteiger partial charge in [-0.15, -0.1) is 0 Å². The summed E-state index contributed by atoms with van der Waals surface area (Å²) in [5.74, 6) is -1.24. The van der Waals surface area contributed by atoms with Crippen LogP contribution in [0, 0.1) is 17.0 Å². The van der Waals surface area contributed by atoms with Gasteiger partial charge in [0.25, 0.3) is 17.5 Å². The molecular weight excluding hydrogens is 464 g/mol. The maximum absolute atomic E-state index is 12.7. The van der Waals surface area contributed by atoms with Crippen molar-refractivity contribution in [2.75, 3.05) is 6.54 Å². The number of carbonyl (C=O) groups is 3. The molecule has 1 aliphatic heterocycles. The molecule has 0 aliphatic carbocycles. The predicted molar refractivity (Wildman–Crippen MR) is 129 cm³/mol. The van der Waals surface area contributed by atoms with Gasteiger partial charge in [0.1, 0.15) is 4.32 Å². The van der Waals surface area contributed by atoms with Gasteiger partial charge in [0.05, 0.1) is 9.83 Å². The second kappa shape index (κ2) is 10.8. The average Bonchev–Trinajstić information content (AvgIpc) is 3.06. The fourth-order valence-electron chi connectivity index (χ4n) is 2.90. The topological polar surface area (TPSA) is 122 Å². The number of carbonyl (C=O) groups excluding carboxylic acids is 3. The molecule has 0 atom stereocenters. The first-order chi connectivity index (χ1) is 15.7. The van der Waals surface area contributed by atoms with E-state index in [0.717, 1.165) is 11.1 Å². The number of non-ortho nitro benzene ring substituents is 1. The van der Waals surface area contributed by atoms with E-state index in [1.165, 1.54) is 40.9 Å². The van der Waals surface area contributed by atoms with Crippen LogP contribution in [-0.2, 0) is 9.59 Å². The molecule has 0 aromatic heterocycles. The summed E-state index contributed by atoms with van der Waals surface area (Å²) in [5, 5.41) is 10.7. The summed E-state index contributed by atoms with van der Waals surface area (Å²) in [6.07, 6.45) is 2.21. The van der Waals surface area contributed by atoms with E-state index < -0.39 is 16.7 Å². The Kier molecular flexibility index (Phi) is 7.91. The SMILES string of the molecule is Cc1ccc(/C=C2\SC(=S)N(CCCC(=O)NNC(=O)c3ccc([N+](=O)[O-])cc3)C2=O)cc1. The number of benzene rings is 2. The third kappa shape index (κ3) is 6.46. The van der Waals surface area contributed by atoms with Crippen molar-refractivity contribution in [3.8, 4) is 0 Å². The van der Waals surface area contributed by atoms with Crippen LogP contribution in [0.25, 0.3) is 6.08 Å². The Labute approximate surface area is 199 Å². The van der Waals surface area contributed by atoms with Crippen LogP contribution in [0.5, 0.6) is 0 Å². The highest BCUT2D eigenvalue weighted by Crippen LogP contribution is 2.32. The maximum atomic E-state index is 12.7. The Hall–Kier alpha value is -3.57. The molecule has 1 fully saturated rings. The summed E-state index contributed by atoms with van der Waals surface area (Å²) in [6.45, 7) is 2.26. The van der Waals surface area contributed by atoms with Gasteiger partial charge in [-0.25, -0.2) is 0 Å². The Bertz CT molecular complexity index is 1130. The summed E-state index contributed by atoms with van der Waals surface area (Å²) in [6, 6.07) is 12.8. The standard InChI is InChI=1S/C22H20N4O5S2/c1-14-4-6-15(7-5-14)13-18-21(29)25(22(32)33-18)12-2-3-19(27)23-24-20(28)16-8-10-17(11-9-16)26(30)31/h4-11,13H,2-3,12H2,1H3,(H,23,27)(H,24,28)/b18-13-. The van der Waals surface area contributed by atoms with Crippen LogP contribution in [-0.4, -0.2) is 38.4 Å². The Balaban J connectivity index is 1.44. The predicted octanol–water partition coefficient (Wildman–Crippen LogP) is 3.35. The van der Waals surface area contributed by atoms with E-state index in [4.69, 9.17) is 12.2 Å². The maximum Gasteiger partial charge on any atom is 0.269 e. The third-order valence-electron chi connectivity index (χ3n) is 4.69. The minimum atomic E-state index is -0.601. The molecule has 1 heterocycles. The van der Waals surface area contributed by atoms with Gasteiger partial charge < -0.3 is 0 Å². The Morgan fingerprint density at radius 3 is 2.42 bits per heavy atom. The summed E-state index contributed by atoms with van der Waals surface area (Å²) in [7, 11) is 0. The number of hydrazine groups is 1. The average molecular weight is 485 g/mol. The Morgan fingerprint density at radius 1 is 1.12 bits per heavy atom. The van der Waals surface area contributed by atoms with Crippen molar-refractivity contribution in [3.63, 3.8) is 0 Å². The van der Waals surface area contributed by atoms with E-state index in [-0.39, 0.29) is 30.1 Å². The molecule has 0 unspecified atom stereocenters. The van der Waals surface area contributed by atoms with E-state index in [1.807, 2.05) is 31.2 Å². The van der Waals surface area contributed by atoms with Crippen molar-refractivity contribution >= 4 is 57.8 Å². The van der Waals surface area contributed by atoms with Crippen molar-refractivity contribution in [1.29, 1.82) is 0 Å².